The molecule has 2 unspecified atom stereocenters. The number of hydrogen-bond acceptors (Lipinski definition) is 6. The molecule has 1 saturated heterocycles. The monoisotopic (exact) mass is 400 g/mol. The van der Waals surface area contributed by atoms with E-state index in [-0.39, 0.29) is 29.7 Å². The van der Waals surface area contributed by atoms with Crippen molar-refractivity contribution in [2.75, 3.05) is 18.5 Å². The van der Waals surface area contributed by atoms with Gasteiger partial charge in [0.1, 0.15) is 5.82 Å². The van der Waals surface area contributed by atoms with Crippen LogP contribution >= 0.6 is 0 Å². The number of nitrogens with one attached hydrogen (secondary N) is 2. The summed E-state index contributed by atoms with van der Waals surface area (Å²) in [6.45, 7) is 2.71. The minimum absolute atomic E-state index is 0.0543. The van der Waals surface area contributed by atoms with Gasteiger partial charge in [-0.05, 0) is 39.0 Å². The Hall–Kier alpha value is -2.88. The molecule has 2 fully saturated rings. The van der Waals surface area contributed by atoms with Gasteiger partial charge in [-0.2, -0.15) is 14.8 Å². The Labute approximate surface area is 167 Å². The van der Waals surface area contributed by atoms with Crippen LogP contribution in [-0.2, 0) is 19.1 Å². The van der Waals surface area contributed by atoms with E-state index < -0.39 is 11.8 Å². The molecular weight excluding hydrogens is 376 g/mol. The van der Waals surface area contributed by atoms with Crippen molar-refractivity contribution in [3.05, 3.63) is 11.8 Å². The summed E-state index contributed by atoms with van der Waals surface area (Å²) in [6.07, 6.45) is 5.26. The van der Waals surface area contributed by atoms with E-state index in [9.17, 15) is 14.4 Å². The summed E-state index contributed by atoms with van der Waals surface area (Å²) in [5.41, 5.74) is 1.41. The molecule has 10 nitrogen and oxygen atoms in total. The first kappa shape index (κ1) is 19.4. The molecule has 0 aromatic carbocycles. The number of aryl methyl sites for hydroxylation is 1. The summed E-state index contributed by atoms with van der Waals surface area (Å²) in [4.78, 5) is 45.4. The van der Waals surface area contributed by atoms with E-state index in [1.165, 1.54) is 4.68 Å². The molecule has 4 rings (SSSR count). The van der Waals surface area contributed by atoms with E-state index in [0.29, 0.717) is 18.8 Å². The van der Waals surface area contributed by atoms with Gasteiger partial charge in [0.25, 0.3) is 11.9 Å². The Bertz CT molecular complexity index is 897. The highest BCUT2D eigenvalue weighted by atomic mass is 16.5. The number of rotatable bonds is 3. The van der Waals surface area contributed by atoms with Crippen molar-refractivity contribution in [1.29, 1.82) is 0 Å². The van der Waals surface area contributed by atoms with Gasteiger partial charge in [-0.3, -0.25) is 14.4 Å². The minimum Gasteiger partial charge on any atom is -0.376 e. The summed E-state index contributed by atoms with van der Waals surface area (Å²) in [6, 6.07) is 1.60. The molecule has 10 heteroatoms. The Morgan fingerprint density at radius 2 is 2.07 bits per heavy atom. The molecule has 3 aliphatic rings. The lowest BCUT2D eigenvalue weighted by atomic mass is 9.86. The smallest absolute Gasteiger partial charge is 0.314 e. The summed E-state index contributed by atoms with van der Waals surface area (Å²) < 4.78 is 6.74. The molecule has 0 radical (unpaired) electrons. The predicted molar refractivity (Wildman–Crippen MR) is 105 cm³/mol. The van der Waals surface area contributed by atoms with E-state index in [0.717, 1.165) is 44.2 Å². The van der Waals surface area contributed by atoms with Crippen molar-refractivity contribution in [1.82, 2.24) is 15.1 Å². The van der Waals surface area contributed by atoms with Crippen LogP contribution in [0.2, 0.25) is 0 Å². The average molecular weight is 400 g/mol. The normalized spacial score (nSPS) is 23.8. The van der Waals surface area contributed by atoms with Crippen molar-refractivity contribution < 1.29 is 19.1 Å². The first-order valence-electron chi connectivity index (χ1n) is 9.99. The summed E-state index contributed by atoms with van der Waals surface area (Å²) in [5.74, 6) is -1.70. The molecule has 2 aliphatic heterocycles. The molecule has 1 aromatic rings. The number of aromatic nitrogens is 2. The van der Waals surface area contributed by atoms with Gasteiger partial charge >= 0.3 is 11.8 Å². The zero-order valence-corrected chi connectivity index (χ0v) is 16.3. The maximum Gasteiger partial charge on any atom is 0.314 e. The van der Waals surface area contributed by atoms with Crippen LogP contribution in [0.15, 0.2) is 16.1 Å². The molecule has 1 saturated carbocycles. The SMILES string of the molecule is Cc1cc(NC(=O)C(=O)NCC2CCCO2)n(C2=NC(=O)C3CCCCC3=N2)n1. The van der Waals surface area contributed by atoms with Crippen LogP contribution in [0.3, 0.4) is 0 Å². The molecule has 3 amide bonds. The molecule has 2 atom stereocenters. The maximum absolute atomic E-state index is 12.4. The lowest BCUT2D eigenvalue weighted by molar-refractivity contribution is -0.136. The third-order valence-electron chi connectivity index (χ3n) is 5.31. The highest BCUT2D eigenvalue weighted by Gasteiger charge is 2.32. The highest BCUT2D eigenvalue weighted by molar-refractivity contribution is 6.39. The van der Waals surface area contributed by atoms with Gasteiger partial charge in [0.2, 0.25) is 0 Å². The molecule has 1 aliphatic carbocycles. The lowest BCUT2D eigenvalue weighted by Crippen LogP contribution is -2.40. The van der Waals surface area contributed by atoms with Crippen LogP contribution in [0.1, 0.15) is 44.2 Å². The maximum atomic E-state index is 12.4. The Morgan fingerprint density at radius 1 is 1.21 bits per heavy atom. The van der Waals surface area contributed by atoms with Crippen LogP contribution in [-0.4, -0.2) is 58.4 Å². The van der Waals surface area contributed by atoms with Gasteiger partial charge < -0.3 is 15.4 Å². The van der Waals surface area contributed by atoms with E-state index in [2.05, 4.69) is 25.7 Å². The number of fused-ring (bicyclic) bond motifs is 1. The first-order valence-corrected chi connectivity index (χ1v) is 9.99. The molecule has 154 valence electrons. The van der Waals surface area contributed by atoms with Crippen LogP contribution < -0.4 is 10.6 Å². The van der Waals surface area contributed by atoms with Gasteiger partial charge in [-0.25, -0.2) is 4.99 Å². The third-order valence-corrected chi connectivity index (χ3v) is 5.31. The number of aliphatic imine (C=N–C) groups is 2. The average Bonchev–Trinajstić information content (AvgIpc) is 3.35. The Morgan fingerprint density at radius 3 is 2.86 bits per heavy atom. The second kappa shape index (κ2) is 8.24. The first-order chi connectivity index (χ1) is 14.0. The third kappa shape index (κ3) is 4.26. The van der Waals surface area contributed by atoms with E-state index >= 15 is 0 Å². The lowest BCUT2D eigenvalue weighted by Gasteiger charge is -2.24. The van der Waals surface area contributed by atoms with Crippen molar-refractivity contribution in [3.63, 3.8) is 0 Å². The van der Waals surface area contributed by atoms with Crippen LogP contribution in [0, 0.1) is 12.8 Å². The largest absolute Gasteiger partial charge is 0.376 e. The van der Waals surface area contributed by atoms with Gasteiger partial charge in [-0.15, -0.1) is 0 Å². The second-order valence-corrected chi connectivity index (χ2v) is 7.53. The second-order valence-electron chi connectivity index (χ2n) is 7.53. The van der Waals surface area contributed by atoms with Gasteiger partial charge in [0.15, 0.2) is 0 Å². The number of carbonyl (C=O) groups is 3. The Balaban J connectivity index is 1.47. The molecule has 1 aromatic heterocycles. The van der Waals surface area contributed by atoms with Crippen molar-refractivity contribution in [3.8, 4) is 0 Å². The minimum atomic E-state index is -0.824. The summed E-state index contributed by atoms with van der Waals surface area (Å²) >= 11 is 0. The van der Waals surface area contributed by atoms with Crippen molar-refractivity contribution in [2.24, 2.45) is 15.9 Å². The quantitative estimate of drug-likeness (QED) is 0.726. The van der Waals surface area contributed by atoms with Crippen LogP contribution in [0.5, 0.6) is 0 Å². The molecule has 0 bridgehead atoms. The molecular formula is C19H24N6O4. The number of hydrogen-bond donors (Lipinski definition) is 2. The number of carbonyl (C=O) groups excluding carboxylic acids is 3. The number of anilines is 1. The summed E-state index contributed by atoms with van der Waals surface area (Å²) in [7, 11) is 0. The van der Waals surface area contributed by atoms with Crippen LogP contribution in [0.25, 0.3) is 0 Å². The fourth-order valence-corrected chi connectivity index (χ4v) is 3.83. The predicted octanol–water partition coefficient (Wildman–Crippen LogP) is 0.801. The van der Waals surface area contributed by atoms with E-state index in [4.69, 9.17) is 4.74 Å². The number of ether oxygens (including phenoxy) is 1. The number of nitrogens with zero attached hydrogens (tertiary/aromatic N) is 4. The molecule has 29 heavy (non-hydrogen) atoms. The highest BCUT2D eigenvalue weighted by Crippen LogP contribution is 2.26. The van der Waals surface area contributed by atoms with E-state index in [1.54, 1.807) is 13.0 Å². The van der Waals surface area contributed by atoms with Gasteiger partial charge in [-0.1, -0.05) is 6.42 Å². The van der Waals surface area contributed by atoms with Crippen molar-refractivity contribution in [2.45, 2.75) is 51.6 Å². The standard InChI is InChI=1S/C19H24N6O4/c1-11-9-15(22-18(28)17(27)20-10-12-5-4-8-29-12)25(24-11)19-21-14-7-3-2-6-13(14)16(26)23-19/h9,12-13H,2-8,10H2,1H3,(H,20,27)(H,22,28). The zero-order chi connectivity index (χ0) is 20.4. The topological polar surface area (TPSA) is 127 Å². The van der Waals surface area contributed by atoms with Gasteiger partial charge in [0, 0.05) is 24.9 Å². The van der Waals surface area contributed by atoms with E-state index in [1.807, 2.05) is 0 Å². The Kier molecular flexibility index (Phi) is 5.52. The van der Waals surface area contributed by atoms with Crippen molar-refractivity contribution >= 4 is 35.2 Å². The molecule has 0 spiro atoms. The fourth-order valence-electron chi connectivity index (χ4n) is 3.83. The number of amides is 3. The zero-order valence-electron chi connectivity index (χ0n) is 16.3. The van der Waals surface area contributed by atoms with Gasteiger partial charge in [0.05, 0.1) is 17.7 Å². The molecule has 3 heterocycles. The molecule has 2 N–H and O–H groups in total. The fraction of sp³-hybridized carbons (Fsp3) is 0.579. The van der Waals surface area contributed by atoms with Crippen LogP contribution in [0.4, 0.5) is 5.82 Å². The summed E-state index contributed by atoms with van der Waals surface area (Å²) in [5, 5.41) is 9.40.